The Morgan fingerprint density at radius 1 is 0.953 bits per heavy atom. The number of aromatic amines is 1. The van der Waals surface area contributed by atoms with E-state index in [0.717, 1.165) is 44.7 Å². The van der Waals surface area contributed by atoms with Gasteiger partial charge in [0.1, 0.15) is 11.9 Å². The molecule has 0 fully saturated rings. The summed E-state index contributed by atoms with van der Waals surface area (Å²) in [7, 11) is 1.59. The van der Waals surface area contributed by atoms with Crippen LogP contribution in [0.2, 0.25) is 0 Å². The van der Waals surface area contributed by atoms with E-state index in [9.17, 15) is 18.0 Å². The smallest absolute Gasteiger partial charge is 0.416 e. The van der Waals surface area contributed by atoms with E-state index in [2.05, 4.69) is 14.9 Å². The molecule has 3 N–H and O–H groups in total. The number of nitrogens with zero attached hydrogens (tertiary/aromatic N) is 1. The fourth-order valence-electron chi connectivity index (χ4n) is 5.01. The number of para-hydroxylation sites is 1. The molecule has 220 valence electrons. The van der Waals surface area contributed by atoms with Crippen LogP contribution in [0.5, 0.6) is 5.75 Å². The molecule has 2 heterocycles. The molecular formula is C34H30F3N3O3. The quantitative estimate of drug-likeness (QED) is 0.170. The van der Waals surface area contributed by atoms with Crippen molar-refractivity contribution in [2.45, 2.75) is 25.3 Å². The Labute approximate surface area is 246 Å². The molecule has 0 saturated heterocycles. The van der Waals surface area contributed by atoms with Gasteiger partial charge in [-0.25, -0.2) is 0 Å². The lowest BCUT2D eigenvalue weighted by molar-refractivity contribution is -0.138. The molecule has 0 aliphatic carbocycles. The molecule has 0 aliphatic rings. The standard InChI is InChI=1S/C23H19F3N2.C11H11NO3/c24-23(25,26)20-11-6-7-17(15-20)16-27-22(19-9-2-1-3-10-19)28-14-13-18-8-4-5-12-21(18)28;1-15-8-2-3-10-9(5-8)7(6-12-10)4-11(13)14/h1-15,22,27H,16H2;2-3,5-6,12H,4H2,1H3,(H,13,14). The van der Waals surface area contributed by atoms with Crippen LogP contribution in [0.1, 0.15) is 28.4 Å². The number of methoxy groups -OCH3 is 1. The van der Waals surface area contributed by atoms with Crippen molar-refractivity contribution >= 4 is 27.8 Å². The van der Waals surface area contributed by atoms with Crippen molar-refractivity contribution in [3.63, 3.8) is 0 Å². The first-order valence-electron chi connectivity index (χ1n) is 13.6. The Morgan fingerprint density at radius 2 is 1.72 bits per heavy atom. The summed E-state index contributed by atoms with van der Waals surface area (Å²) in [6.07, 6.45) is -0.797. The number of nitrogens with one attached hydrogen (secondary N) is 2. The second kappa shape index (κ2) is 12.9. The predicted molar refractivity (Wildman–Crippen MR) is 161 cm³/mol. The minimum atomic E-state index is -4.34. The summed E-state index contributed by atoms with van der Waals surface area (Å²) in [5.74, 6) is -0.104. The van der Waals surface area contributed by atoms with E-state index < -0.39 is 17.7 Å². The van der Waals surface area contributed by atoms with Crippen LogP contribution < -0.4 is 10.1 Å². The number of aromatic nitrogens is 2. The van der Waals surface area contributed by atoms with Gasteiger partial charge in [0.15, 0.2) is 0 Å². The molecule has 0 bridgehead atoms. The number of rotatable bonds is 8. The highest BCUT2D eigenvalue weighted by Gasteiger charge is 2.30. The number of hydrogen-bond donors (Lipinski definition) is 3. The number of aliphatic carboxylic acids is 1. The van der Waals surface area contributed by atoms with Crippen molar-refractivity contribution in [1.29, 1.82) is 0 Å². The molecule has 9 heteroatoms. The van der Waals surface area contributed by atoms with Crippen LogP contribution in [0, 0.1) is 0 Å². The summed E-state index contributed by atoms with van der Waals surface area (Å²) >= 11 is 0. The molecule has 6 aromatic rings. The van der Waals surface area contributed by atoms with Crippen molar-refractivity contribution in [3.05, 3.63) is 138 Å². The Hall–Kier alpha value is -5.02. The van der Waals surface area contributed by atoms with Crippen LogP contribution >= 0.6 is 0 Å². The monoisotopic (exact) mass is 585 g/mol. The summed E-state index contributed by atoms with van der Waals surface area (Å²) in [5.41, 5.74) is 3.76. The first kappa shape index (κ1) is 29.5. The van der Waals surface area contributed by atoms with Gasteiger partial charge in [-0.15, -0.1) is 0 Å². The maximum absolute atomic E-state index is 13.0. The van der Waals surface area contributed by atoms with Gasteiger partial charge in [0, 0.05) is 35.4 Å². The van der Waals surface area contributed by atoms with Gasteiger partial charge in [-0.1, -0.05) is 66.7 Å². The number of benzene rings is 4. The van der Waals surface area contributed by atoms with E-state index in [-0.39, 0.29) is 12.6 Å². The summed E-state index contributed by atoms with van der Waals surface area (Å²) in [5, 5.41) is 14.2. The maximum Gasteiger partial charge on any atom is 0.416 e. The van der Waals surface area contributed by atoms with E-state index in [1.54, 1.807) is 19.4 Å². The number of carboxylic acid groups (broad SMARTS) is 1. The van der Waals surface area contributed by atoms with Gasteiger partial charge in [0.25, 0.3) is 0 Å². The van der Waals surface area contributed by atoms with Gasteiger partial charge in [0.05, 0.1) is 19.1 Å². The van der Waals surface area contributed by atoms with E-state index >= 15 is 0 Å². The zero-order valence-corrected chi connectivity index (χ0v) is 23.3. The Morgan fingerprint density at radius 3 is 2.47 bits per heavy atom. The summed E-state index contributed by atoms with van der Waals surface area (Å²) in [4.78, 5) is 13.6. The average Bonchev–Trinajstić information content (AvgIpc) is 3.62. The van der Waals surface area contributed by atoms with Gasteiger partial charge >= 0.3 is 12.1 Å². The minimum Gasteiger partial charge on any atom is -0.497 e. The lowest BCUT2D eigenvalue weighted by Gasteiger charge is -2.23. The zero-order chi connectivity index (χ0) is 30.4. The fourth-order valence-corrected chi connectivity index (χ4v) is 5.01. The van der Waals surface area contributed by atoms with Crippen LogP contribution in [-0.2, 0) is 23.9 Å². The molecule has 6 nitrogen and oxygen atoms in total. The largest absolute Gasteiger partial charge is 0.497 e. The van der Waals surface area contributed by atoms with Crippen molar-refractivity contribution in [3.8, 4) is 5.75 Å². The summed E-state index contributed by atoms with van der Waals surface area (Å²) in [6, 6.07) is 31.0. The first-order valence-corrected chi connectivity index (χ1v) is 13.6. The number of H-pyrrole nitrogens is 1. The molecule has 0 spiro atoms. The summed E-state index contributed by atoms with van der Waals surface area (Å²) in [6.45, 7) is 0.315. The molecule has 4 aromatic carbocycles. The molecule has 6 rings (SSSR count). The van der Waals surface area contributed by atoms with E-state index in [0.29, 0.717) is 12.1 Å². The van der Waals surface area contributed by atoms with Crippen molar-refractivity contribution in [1.82, 2.24) is 14.9 Å². The second-order valence-corrected chi connectivity index (χ2v) is 9.97. The van der Waals surface area contributed by atoms with Gasteiger partial charge in [0.2, 0.25) is 0 Å². The van der Waals surface area contributed by atoms with E-state index in [1.165, 1.54) is 12.1 Å². The van der Waals surface area contributed by atoms with Crippen LogP contribution in [0.4, 0.5) is 13.2 Å². The Balaban J connectivity index is 0.000000207. The number of hydrogen-bond acceptors (Lipinski definition) is 3. The predicted octanol–water partition coefficient (Wildman–Crippen LogP) is 7.80. The third-order valence-corrected chi connectivity index (χ3v) is 7.09. The minimum absolute atomic E-state index is 0.0210. The third-order valence-electron chi connectivity index (χ3n) is 7.09. The zero-order valence-electron chi connectivity index (χ0n) is 23.3. The van der Waals surface area contributed by atoms with Gasteiger partial charge in [-0.2, -0.15) is 13.2 Å². The number of halogens is 3. The van der Waals surface area contributed by atoms with E-state index in [1.807, 2.05) is 85.1 Å². The molecular weight excluding hydrogens is 555 g/mol. The Kier molecular flexibility index (Phi) is 8.82. The molecule has 0 amide bonds. The SMILES string of the molecule is COc1ccc2[nH]cc(CC(=O)O)c2c1.FC(F)(F)c1cccc(CNC(c2ccccc2)n2ccc3ccccc32)c1. The molecule has 1 unspecified atom stereocenters. The van der Waals surface area contributed by atoms with Crippen molar-refractivity contribution in [2.75, 3.05) is 7.11 Å². The Bertz CT molecular complexity index is 1830. The number of carbonyl (C=O) groups is 1. The normalized spacial score (nSPS) is 12.1. The lowest BCUT2D eigenvalue weighted by atomic mass is 10.1. The lowest BCUT2D eigenvalue weighted by Crippen LogP contribution is -2.27. The van der Waals surface area contributed by atoms with Crippen molar-refractivity contribution < 1.29 is 27.8 Å². The van der Waals surface area contributed by atoms with E-state index in [4.69, 9.17) is 9.84 Å². The second-order valence-electron chi connectivity index (χ2n) is 9.97. The highest BCUT2D eigenvalue weighted by molar-refractivity contribution is 5.88. The number of ether oxygens (including phenoxy) is 1. The average molecular weight is 586 g/mol. The highest BCUT2D eigenvalue weighted by Crippen LogP contribution is 2.30. The fraction of sp³-hybridized carbons (Fsp3) is 0.147. The molecule has 2 aromatic heterocycles. The molecule has 43 heavy (non-hydrogen) atoms. The first-order chi connectivity index (χ1) is 20.7. The maximum atomic E-state index is 13.0. The van der Waals surface area contributed by atoms with Crippen molar-refractivity contribution in [2.24, 2.45) is 0 Å². The van der Waals surface area contributed by atoms with Crippen LogP contribution in [0.25, 0.3) is 21.8 Å². The number of alkyl halides is 3. The topological polar surface area (TPSA) is 79.3 Å². The molecule has 1 atom stereocenters. The van der Waals surface area contributed by atoms with Crippen LogP contribution in [-0.4, -0.2) is 27.7 Å². The van der Waals surface area contributed by atoms with Gasteiger partial charge in [-0.05, 0) is 58.5 Å². The number of fused-ring (bicyclic) bond motifs is 2. The van der Waals surface area contributed by atoms with Gasteiger partial charge < -0.3 is 19.4 Å². The van der Waals surface area contributed by atoms with Crippen LogP contribution in [0.3, 0.4) is 0 Å². The van der Waals surface area contributed by atoms with Crippen LogP contribution in [0.15, 0.2) is 116 Å². The molecule has 0 saturated carbocycles. The molecule has 0 aliphatic heterocycles. The number of carboxylic acids is 1. The van der Waals surface area contributed by atoms with Gasteiger partial charge in [-0.3, -0.25) is 10.1 Å². The third kappa shape index (κ3) is 7.07. The highest BCUT2D eigenvalue weighted by atomic mass is 19.4. The summed E-state index contributed by atoms with van der Waals surface area (Å²) < 4.78 is 46.2. The molecule has 0 radical (unpaired) electrons.